The molecule has 1 aliphatic carbocycles. The Hall–Kier alpha value is -2.10. The zero-order valence-corrected chi connectivity index (χ0v) is 14.0. The molecule has 0 bridgehead atoms. The summed E-state index contributed by atoms with van der Waals surface area (Å²) in [4.78, 5) is 22.9. The fourth-order valence-corrected chi connectivity index (χ4v) is 3.20. The highest BCUT2D eigenvalue weighted by Crippen LogP contribution is 2.42. The first-order valence-corrected chi connectivity index (χ1v) is 8.20. The van der Waals surface area contributed by atoms with Crippen molar-refractivity contribution in [3.63, 3.8) is 0 Å². The van der Waals surface area contributed by atoms with Crippen molar-refractivity contribution in [3.05, 3.63) is 48.0 Å². The molecule has 0 heterocycles. The average molecular weight is 314 g/mol. The summed E-state index contributed by atoms with van der Waals surface area (Å²) in [6.45, 7) is 8.93. The van der Waals surface area contributed by atoms with E-state index in [-0.39, 0.29) is 17.2 Å². The number of carbonyl (C=O) groups excluding carboxylic acids is 2. The molecule has 0 aromatic heterocycles. The third kappa shape index (κ3) is 4.44. The first-order chi connectivity index (χ1) is 10.9. The fourth-order valence-electron chi connectivity index (χ4n) is 3.20. The van der Waals surface area contributed by atoms with Gasteiger partial charge in [0.15, 0.2) is 0 Å². The summed E-state index contributed by atoms with van der Waals surface area (Å²) >= 11 is 0. The average Bonchev–Trinajstić information content (AvgIpc) is 2.54. The molecule has 1 aromatic carbocycles. The molecular weight excluding hydrogens is 288 g/mol. The number of amides is 2. The van der Waals surface area contributed by atoms with Gasteiger partial charge in [-0.1, -0.05) is 44.7 Å². The van der Waals surface area contributed by atoms with Crippen molar-refractivity contribution in [2.75, 3.05) is 13.1 Å². The van der Waals surface area contributed by atoms with Gasteiger partial charge in [-0.2, -0.15) is 0 Å². The minimum absolute atomic E-state index is 0.0309. The van der Waals surface area contributed by atoms with Crippen LogP contribution in [0, 0.1) is 0 Å². The number of carbonyl (C=O) groups is 2. The van der Waals surface area contributed by atoms with E-state index in [1.807, 2.05) is 0 Å². The summed E-state index contributed by atoms with van der Waals surface area (Å²) in [5.74, 6) is 0.0869. The van der Waals surface area contributed by atoms with Crippen LogP contribution in [0.1, 0.15) is 50.2 Å². The molecule has 4 nitrogen and oxygen atoms in total. The van der Waals surface area contributed by atoms with Crippen LogP contribution in [0.15, 0.2) is 36.9 Å². The Morgan fingerprint density at radius 3 is 2.78 bits per heavy atom. The number of fused-ring (bicyclic) bond motifs is 1. The second-order valence-electron chi connectivity index (χ2n) is 6.76. The Labute approximate surface area is 138 Å². The number of rotatable bonds is 6. The van der Waals surface area contributed by atoms with Gasteiger partial charge in [0.25, 0.3) is 0 Å². The van der Waals surface area contributed by atoms with E-state index in [0.29, 0.717) is 25.4 Å². The first-order valence-electron chi connectivity index (χ1n) is 8.20. The second kappa shape index (κ2) is 7.44. The Bertz CT molecular complexity index is 593. The molecule has 4 heteroatoms. The normalized spacial score (nSPS) is 18.6. The van der Waals surface area contributed by atoms with E-state index in [2.05, 4.69) is 55.3 Å². The van der Waals surface area contributed by atoms with Gasteiger partial charge >= 0.3 is 0 Å². The topological polar surface area (TPSA) is 58.2 Å². The third-order valence-corrected chi connectivity index (χ3v) is 4.63. The maximum atomic E-state index is 11.9. The molecule has 23 heavy (non-hydrogen) atoms. The largest absolute Gasteiger partial charge is 0.355 e. The number of hydrogen-bond donors (Lipinski definition) is 2. The molecule has 124 valence electrons. The van der Waals surface area contributed by atoms with Crippen LogP contribution in [0.5, 0.6) is 0 Å². The molecule has 1 aromatic rings. The molecule has 1 aliphatic rings. The van der Waals surface area contributed by atoms with Crippen molar-refractivity contribution >= 4 is 11.8 Å². The summed E-state index contributed by atoms with van der Waals surface area (Å²) in [5.41, 5.74) is 2.94. The Morgan fingerprint density at radius 1 is 1.30 bits per heavy atom. The predicted octanol–water partition coefficient (Wildman–Crippen LogP) is 2.65. The summed E-state index contributed by atoms with van der Waals surface area (Å²) in [7, 11) is 0. The van der Waals surface area contributed by atoms with Gasteiger partial charge in [-0.25, -0.2) is 0 Å². The second-order valence-corrected chi connectivity index (χ2v) is 6.76. The van der Waals surface area contributed by atoms with Crippen LogP contribution in [0.3, 0.4) is 0 Å². The smallest absolute Gasteiger partial charge is 0.243 e. The lowest BCUT2D eigenvalue weighted by Gasteiger charge is -2.37. The van der Waals surface area contributed by atoms with Crippen molar-refractivity contribution in [2.24, 2.45) is 0 Å². The zero-order valence-electron chi connectivity index (χ0n) is 14.0. The van der Waals surface area contributed by atoms with E-state index in [4.69, 9.17) is 0 Å². The molecule has 1 unspecified atom stereocenters. The summed E-state index contributed by atoms with van der Waals surface area (Å²) in [5, 5.41) is 5.61. The van der Waals surface area contributed by atoms with Crippen molar-refractivity contribution in [2.45, 2.75) is 44.4 Å². The molecular formula is C19H26N2O2. The summed E-state index contributed by atoms with van der Waals surface area (Å²) < 4.78 is 0. The lowest BCUT2D eigenvalue weighted by atomic mass is 9.69. The van der Waals surface area contributed by atoms with Crippen molar-refractivity contribution in [1.82, 2.24) is 10.6 Å². The number of nitrogens with one attached hydrogen (secondary N) is 2. The van der Waals surface area contributed by atoms with Gasteiger partial charge in [0.1, 0.15) is 0 Å². The van der Waals surface area contributed by atoms with E-state index in [9.17, 15) is 9.59 Å². The quantitative estimate of drug-likeness (QED) is 0.793. The number of benzene rings is 1. The van der Waals surface area contributed by atoms with Crippen molar-refractivity contribution in [1.29, 1.82) is 0 Å². The van der Waals surface area contributed by atoms with E-state index in [0.717, 1.165) is 12.8 Å². The number of hydrogen-bond acceptors (Lipinski definition) is 2. The molecule has 0 aliphatic heterocycles. The van der Waals surface area contributed by atoms with Crippen LogP contribution in [0.25, 0.3) is 0 Å². The van der Waals surface area contributed by atoms with Gasteiger partial charge in [-0.05, 0) is 35.5 Å². The fraction of sp³-hybridized carbons (Fsp3) is 0.474. The molecule has 0 radical (unpaired) electrons. The standard InChI is InChI=1S/C19H26N2O2/c1-4-17(22)20-12-10-18(23)21-13-14-9-11-19(2,3)16-8-6-5-7-15(14)16/h4-8,14H,1,9-13H2,2-3H3,(H,20,22)(H,21,23). The highest BCUT2D eigenvalue weighted by Gasteiger charge is 2.32. The van der Waals surface area contributed by atoms with Crippen molar-refractivity contribution < 1.29 is 9.59 Å². The van der Waals surface area contributed by atoms with Crippen molar-refractivity contribution in [3.8, 4) is 0 Å². The Morgan fingerprint density at radius 2 is 2.04 bits per heavy atom. The van der Waals surface area contributed by atoms with Crippen LogP contribution in [-0.2, 0) is 15.0 Å². The minimum atomic E-state index is -0.249. The molecule has 0 fully saturated rings. The molecule has 2 rings (SSSR count). The summed E-state index contributed by atoms with van der Waals surface area (Å²) in [6.07, 6.45) is 3.70. The van der Waals surface area contributed by atoms with E-state index >= 15 is 0 Å². The highest BCUT2D eigenvalue weighted by molar-refractivity contribution is 5.87. The van der Waals surface area contributed by atoms with E-state index in [1.54, 1.807) is 0 Å². The Kier molecular flexibility index (Phi) is 5.59. The summed E-state index contributed by atoms with van der Waals surface area (Å²) in [6, 6.07) is 8.54. The van der Waals surface area contributed by atoms with Crippen LogP contribution < -0.4 is 10.6 Å². The molecule has 2 amide bonds. The minimum Gasteiger partial charge on any atom is -0.355 e. The van der Waals surface area contributed by atoms with Crippen LogP contribution in [-0.4, -0.2) is 24.9 Å². The van der Waals surface area contributed by atoms with E-state index in [1.165, 1.54) is 17.2 Å². The van der Waals surface area contributed by atoms with Gasteiger partial charge in [0, 0.05) is 25.4 Å². The molecule has 1 atom stereocenters. The molecule has 0 saturated heterocycles. The lowest BCUT2D eigenvalue weighted by molar-refractivity contribution is -0.121. The molecule has 0 spiro atoms. The monoisotopic (exact) mass is 314 g/mol. The SMILES string of the molecule is C=CC(=O)NCCC(=O)NCC1CCC(C)(C)c2ccccc21. The highest BCUT2D eigenvalue weighted by atomic mass is 16.2. The van der Waals surface area contributed by atoms with Gasteiger partial charge in [0.2, 0.25) is 11.8 Å². The first kappa shape index (κ1) is 17.3. The zero-order chi connectivity index (χ0) is 16.9. The van der Waals surface area contributed by atoms with Crippen LogP contribution >= 0.6 is 0 Å². The molecule has 0 saturated carbocycles. The van der Waals surface area contributed by atoms with Crippen LogP contribution in [0.2, 0.25) is 0 Å². The predicted molar refractivity (Wildman–Crippen MR) is 92.3 cm³/mol. The Balaban J connectivity index is 1.88. The lowest BCUT2D eigenvalue weighted by Crippen LogP contribution is -2.35. The van der Waals surface area contributed by atoms with Gasteiger partial charge in [0.05, 0.1) is 0 Å². The van der Waals surface area contributed by atoms with Gasteiger partial charge < -0.3 is 10.6 Å². The van der Waals surface area contributed by atoms with Gasteiger partial charge in [-0.3, -0.25) is 9.59 Å². The third-order valence-electron chi connectivity index (χ3n) is 4.63. The maximum absolute atomic E-state index is 11.9. The van der Waals surface area contributed by atoms with E-state index < -0.39 is 0 Å². The van der Waals surface area contributed by atoms with Gasteiger partial charge in [-0.15, -0.1) is 0 Å². The van der Waals surface area contributed by atoms with Crippen LogP contribution in [0.4, 0.5) is 0 Å². The maximum Gasteiger partial charge on any atom is 0.243 e. The molecule has 2 N–H and O–H groups in total.